The van der Waals surface area contributed by atoms with Crippen LogP contribution in [0.5, 0.6) is 0 Å². The van der Waals surface area contributed by atoms with Gasteiger partial charge in [0.2, 0.25) is 11.7 Å². The number of ether oxygens (including phenoxy) is 1. The van der Waals surface area contributed by atoms with Crippen LogP contribution in [0.2, 0.25) is 0 Å². The number of imidazole rings is 1. The van der Waals surface area contributed by atoms with Crippen molar-refractivity contribution in [2.24, 2.45) is 0 Å². The van der Waals surface area contributed by atoms with Crippen molar-refractivity contribution in [1.82, 2.24) is 19.7 Å². The van der Waals surface area contributed by atoms with E-state index in [1.54, 1.807) is 18.9 Å². The van der Waals surface area contributed by atoms with Gasteiger partial charge in [0.15, 0.2) is 5.16 Å². The Labute approximate surface area is 151 Å². The van der Waals surface area contributed by atoms with Gasteiger partial charge in [0.25, 0.3) is 0 Å². The first-order chi connectivity index (χ1) is 12.1. The van der Waals surface area contributed by atoms with Gasteiger partial charge in [0.05, 0.1) is 18.1 Å². The van der Waals surface area contributed by atoms with E-state index in [0.29, 0.717) is 24.1 Å². The molecule has 0 bridgehead atoms. The molecule has 0 amide bonds. The van der Waals surface area contributed by atoms with Crippen LogP contribution in [0.4, 0.5) is 0 Å². The van der Waals surface area contributed by atoms with Crippen LogP contribution in [-0.2, 0) is 17.0 Å². The van der Waals surface area contributed by atoms with Crippen molar-refractivity contribution in [3.63, 3.8) is 0 Å². The smallest absolute Gasteiger partial charge is 0.237 e. The zero-order valence-electron chi connectivity index (χ0n) is 14.9. The summed E-state index contributed by atoms with van der Waals surface area (Å²) in [5.74, 6) is 1.80. The zero-order valence-corrected chi connectivity index (χ0v) is 15.8. The molecule has 0 radical (unpaired) electrons. The van der Waals surface area contributed by atoms with Gasteiger partial charge < -0.3 is 13.8 Å². The molecule has 1 aromatic carbocycles. The molecule has 0 unspecified atom stereocenters. The lowest BCUT2D eigenvalue weighted by atomic mass is 10.1. The van der Waals surface area contributed by atoms with Crippen LogP contribution in [0.1, 0.15) is 22.8 Å². The number of nitrogens with zero attached hydrogens (tertiary/aromatic N) is 4. The molecule has 2 aromatic heterocycles. The van der Waals surface area contributed by atoms with Crippen LogP contribution in [0.3, 0.4) is 0 Å². The van der Waals surface area contributed by atoms with Crippen molar-refractivity contribution in [2.45, 2.75) is 38.2 Å². The summed E-state index contributed by atoms with van der Waals surface area (Å²) in [6.45, 7) is 7.58. The number of hydrogen-bond acceptors (Lipinski definition) is 6. The fourth-order valence-electron chi connectivity index (χ4n) is 2.52. The Bertz CT molecular complexity index is 857. The van der Waals surface area contributed by atoms with E-state index in [9.17, 15) is 0 Å². The van der Waals surface area contributed by atoms with E-state index in [4.69, 9.17) is 9.26 Å². The number of benzene rings is 1. The molecule has 132 valence electrons. The van der Waals surface area contributed by atoms with Crippen molar-refractivity contribution in [2.75, 3.05) is 13.7 Å². The first kappa shape index (κ1) is 17.7. The van der Waals surface area contributed by atoms with Crippen molar-refractivity contribution in [3.05, 3.63) is 47.1 Å². The van der Waals surface area contributed by atoms with Gasteiger partial charge in [-0.15, -0.1) is 0 Å². The van der Waals surface area contributed by atoms with Gasteiger partial charge in [-0.05, 0) is 26.8 Å². The molecule has 3 aromatic rings. The number of thioether (sulfide) groups is 1. The fourth-order valence-corrected chi connectivity index (χ4v) is 3.48. The molecule has 3 rings (SSSR count). The molecule has 0 N–H and O–H groups in total. The van der Waals surface area contributed by atoms with E-state index in [0.717, 1.165) is 28.7 Å². The number of methoxy groups -OCH3 is 1. The second-order valence-electron chi connectivity index (χ2n) is 5.88. The lowest BCUT2D eigenvalue weighted by molar-refractivity contribution is 0.184. The minimum Gasteiger partial charge on any atom is -0.383 e. The fraction of sp³-hybridized carbons (Fsp3) is 0.389. The van der Waals surface area contributed by atoms with Crippen LogP contribution in [0.25, 0.3) is 11.4 Å². The number of aryl methyl sites for hydroxylation is 2. The second-order valence-corrected chi connectivity index (χ2v) is 6.82. The van der Waals surface area contributed by atoms with E-state index < -0.39 is 0 Å². The zero-order chi connectivity index (χ0) is 17.8. The van der Waals surface area contributed by atoms with Crippen LogP contribution in [0.15, 0.2) is 33.9 Å². The summed E-state index contributed by atoms with van der Waals surface area (Å²) in [6, 6.07) is 8.07. The SMILES string of the molecule is COCCn1c(SCc2nc(-c3cccc(C)c3)no2)nc(C)c1C. The average Bonchev–Trinajstić information content (AvgIpc) is 3.17. The maximum Gasteiger partial charge on any atom is 0.237 e. The van der Waals surface area contributed by atoms with E-state index in [1.165, 1.54) is 5.56 Å². The largest absolute Gasteiger partial charge is 0.383 e. The third-order valence-electron chi connectivity index (χ3n) is 4.01. The van der Waals surface area contributed by atoms with Gasteiger partial charge in [0.1, 0.15) is 0 Å². The highest BCUT2D eigenvalue weighted by molar-refractivity contribution is 7.98. The van der Waals surface area contributed by atoms with Crippen molar-refractivity contribution >= 4 is 11.8 Å². The first-order valence-corrected chi connectivity index (χ1v) is 9.12. The van der Waals surface area contributed by atoms with Gasteiger partial charge in [-0.2, -0.15) is 4.98 Å². The summed E-state index contributed by atoms with van der Waals surface area (Å²) >= 11 is 1.60. The Kier molecular flexibility index (Phi) is 5.55. The van der Waals surface area contributed by atoms with Crippen LogP contribution in [0, 0.1) is 20.8 Å². The molecule has 0 saturated heterocycles. The number of aromatic nitrogens is 4. The Morgan fingerprint density at radius 2 is 2.04 bits per heavy atom. The molecule has 0 aliphatic carbocycles. The predicted octanol–water partition coefficient (Wildman–Crippen LogP) is 3.80. The summed E-state index contributed by atoms with van der Waals surface area (Å²) in [5.41, 5.74) is 4.33. The molecule has 0 aliphatic rings. The molecule has 0 saturated carbocycles. The van der Waals surface area contributed by atoms with Gasteiger partial charge in [-0.3, -0.25) is 0 Å². The minimum absolute atomic E-state index is 0.585. The average molecular weight is 358 g/mol. The molecule has 25 heavy (non-hydrogen) atoms. The molecule has 0 fully saturated rings. The molecule has 6 nitrogen and oxygen atoms in total. The monoisotopic (exact) mass is 358 g/mol. The maximum atomic E-state index is 5.40. The highest BCUT2D eigenvalue weighted by atomic mass is 32.2. The van der Waals surface area contributed by atoms with E-state index in [1.807, 2.05) is 38.1 Å². The normalized spacial score (nSPS) is 11.2. The standard InChI is InChI=1S/C18H22N4O2S/c1-12-6-5-7-15(10-12)17-20-16(24-21-17)11-25-18-19-13(2)14(3)22(18)8-9-23-4/h5-7,10H,8-9,11H2,1-4H3. The Balaban J connectivity index is 1.71. The number of hydrogen-bond donors (Lipinski definition) is 0. The molecule has 7 heteroatoms. The summed E-state index contributed by atoms with van der Waals surface area (Å²) < 4.78 is 12.8. The molecular weight excluding hydrogens is 336 g/mol. The highest BCUT2D eigenvalue weighted by Gasteiger charge is 2.14. The number of rotatable bonds is 7. The third kappa shape index (κ3) is 4.11. The highest BCUT2D eigenvalue weighted by Crippen LogP contribution is 2.25. The molecule has 0 atom stereocenters. The van der Waals surface area contributed by atoms with E-state index in [-0.39, 0.29) is 0 Å². The molecule has 0 aliphatic heterocycles. The Morgan fingerprint density at radius 3 is 2.80 bits per heavy atom. The lowest BCUT2D eigenvalue weighted by Gasteiger charge is -2.08. The minimum atomic E-state index is 0.585. The van der Waals surface area contributed by atoms with Crippen molar-refractivity contribution < 1.29 is 9.26 Å². The Morgan fingerprint density at radius 1 is 1.20 bits per heavy atom. The van der Waals surface area contributed by atoms with Crippen molar-refractivity contribution in [3.8, 4) is 11.4 Å². The van der Waals surface area contributed by atoms with E-state index >= 15 is 0 Å². The van der Waals surface area contributed by atoms with Gasteiger partial charge in [-0.25, -0.2) is 4.98 Å². The third-order valence-corrected chi connectivity index (χ3v) is 4.97. The summed E-state index contributed by atoms with van der Waals surface area (Å²) in [7, 11) is 1.71. The summed E-state index contributed by atoms with van der Waals surface area (Å²) in [5, 5.41) is 5.03. The van der Waals surface area contributed by atoms with E-state index in [2.05, 4.69) is 26.6 Å². The van der Waals surface area contributed by atoms with Crippen LogP contribution < -0.4 is 0 Å². The van der Waals surface area contributed by atoms with Gasteiger partial charge >= 0.3 is 0 Å². The topological polar surface area (TPSA) is 66.0 Å². The summed E-state index contributed by atoms with van der Waals surface area (Å²) in [6.07, 6.45) is 0. The first-order valence-electron chi connectivity index (χ1n) is 8.13. The second kappa shape index (κ2) is 7.84. The van der Waals surface area contributed by atoms with Crippen LogP contribution in [-0.4, -0.2) is 33.4 Å². The summed E-state index contributed by atoms with van der Waals surface area (Å²) in [4.78, 5) is 9.13. The predicted molar refractivity (Wildman–Crippen MR) is 97.6 cm³/mol. The van der Waals surface area contributed by atoms with Gasteiger partial charge in [0, 0.05) is 24.9 Å². The quantitative estimate of drug-likeness (QED) is 0.599. The lowest BCUT2D eigenvalue weighted by Crippen LogP contribution is -2.07. The molecular formula is C18H22N4O2S. The molecule has 0 spiro atoms. The maximum absolute atomic E-state index is 5.40. The molecule has 2 heterocycles. The Hall–Kier alpha value is -2.12. The van der Waals surface area contributed by atoms with Gasteiger partial charge in [-0.1, -0.05) is 40.7 Å². The van der Waals surface area contributed by atoms with Crippen molar-refractivity contribution in [1.29, 1.82) is 0 Å². The van der Waals surface area contributed by atoms with Crippen LogP contribution >= 0.6 is 11.8 Å².